The topological polar surface area (TPSA) is 109 Å². The van der Waals surface area contributed by atoms with Gasteiger partial charge in [-0.25, -0.2) is 5.84 Å². The Kier molecular flexibility index (Phi) is 5.68. The summed E-state index contributed by atoms with van der Waals surface area (Å²) in [6.45, 7) is 2.02. The average molecular weight is 402 g/mol. The van der Waals surface area contributed by atoms with Crippen LogP contribution in [0.2, 0.25) is 0 Å². The van der Waals surface area contributed by atoms with Gasteiger partial charge in [0.25, 0.3) is 5.56 Å². The zero-order chi connectivity index (χ0) is 21.1. The summed E-state index contributed by atoms with van der Waals surface area (Å²) in [6.07, 6.45) is 5.11. The maximum absolute atomic E-state index is 13.0. The predicted octanol–water partition coefficient (Wildman–Crippen LogP) is 3.44. The molecule has 2 aromatic carbocycles. The number of hydrogen-bond donors (Lipinski definition) is 4. The molecule has 0 bridgehead atoms. The molecule has 0 unspecified atom stereocenters. The quantitative estimate of drug-likeness (QED) is 0.219. The van der Waals surface area contributed by atoms with E-state index in [1.165, 1.54) is 24.8 Å². The van der Waals surface area contributed by atoms with Crippen LogP contribution in [0.15, 0.2) is 64.5 Å². The number of pyridine rings is 1. The summed E-state index contributed by atoms with van der Waals surface area (Å²) in [7, 11) is 0. The zero-order valence-electron chi connectivity index (χ0n) is 17.1. The van der Waals surface area contributed by atoms with Crippen molar-refractivity contribution in [1.82, 2.24) is 10.4 Å². The molecule has 0 atom stereocenters. The zero-order valence-corrected chi connectivity index (χ0v) is 17.1. The lowest BCUT2D eigenvalue weighted by atomic mass is 9.96. The van der Waals surface area contributed by atoms with Crippen LogP contribution in [-0.2, 0) is 6.42 Å². The van der Waals surface area contributed by atoms with Gasteiger partial charge in [0.1, 0.15) is 0 Å². The minimum absolute atomic E-state index is 0.133. The molecule has 1 aliphatic rings. The Balaban J connectivity index is 1.75. The first-order valence-electron chi connectivity index (χ1n) is 10.3. The Bertz CT molecular complexity index is 1110. The normalized spacial score (nSPS) is 14.0. The Morgan fingerprint density at radius 1 is 1.10 bits per heavy atom. The summed E-state index contributed by atoms with van der Waals surface area (Å²) in [4.78, 5) is 16.0. The van der Waals surface area contributed by atoms with Gasteiger partial charge in [-0.05, 0) is 48.4 Å². The van der Waals surface area contributed by atoms with E-state index >= 15 is 0 Å². The number of rotatable bonds is 6. The molecule has 4 rings (SSSR count). The summed E-state index contributed by atoms with van der Waals surface area (Å²) >= 11 is 0. The summed E-state index contributed by atoms with van der Waals surface area (Å²) in [5, 5.41) is 3.66. The highest BCUT2D eigenvalue weighted by atomic mass is 16.1. The molecule has 0 aliphatic heterocycles. The standard InChI is InChI=1S/C24H27N5O/c1-15-2-10-18(11-3-15)20-14-21(27-24(30)22(20)23(28-25)29-26)19-12-8-17(9-13-19)7-6-16-4-5-16/h2-3,8-14,16H,4-7,25-26H2,1H3,(H,27,30)(H,28,29). The van der Waals surface area contributed by atoms with Gasteiger partial charge >= 0.3 is 0 Å². The molecular formula is C24H27N5O. The second-order valence-electron chi connectivity index (χ2n) is 7.97. The third-order valence-corrected chi connectivity index (χ3v) is 5.70. The van der Waals surface area contributed by atoms with Crippen LogP contribution in [0.1, 0.15) is 36.0 Å². The molecule has 6 nitrogen and oxygen atoms in total. The summed E-state index contributed by atoms with van der Waals surface area (Å²) < 4.78 is 0. The average Bonchev–Trinajstić information content (AvgIpc) is 3.59. The van der Waals surface area contributed by atoms with Crippen LogP contribution in [0.25, 0.3) is 22.4 Å². The number of amidine groups is 1. The fourth-order valence-corrected chi connectivity index (χ4v) is 3.71. The van der Waals surface area contributed by atoms with E-state index in [4.69, 9.17) is 11.7 Å². The lowest BCUT2D eigenvalue weighted by Gasteiger charge is -2.13. The van der Waals surface area contributed by atoms with Crippen LogP contribution in [0, 0.1) is 12.8 Å². The van der Waals surface area contributed by atoms with Crippen LogP contribution in [0.4, 0.5) is 0 Å². The van der Waals surface area contributed by atoms with E-state index in [2.05, 4.69) is 39.8 Å². The maximum Gasteiger partial charge on any atom is 0.260 e. The number of aromatic nitrogens is 1. The fourth-order valence-electron chi connectivity index (χ4n) is 3.71. The molecule has 6 heteroatoms. The van der Waals surface area contributed by atoms with Gasteiger partial charge < -0.3 is 16.3 Å². The molecule has 3 aromatic rings. The van der Waals surface area contributed by atoms with Crippen molar-refractivity contribution in [2.75, 3.05) is 0 Å². The van der Waals surface area contributed by atoms with E-state index in [1.807, 2.05) is 37.3 Å². The van der Waals surface area contributed by atoms with Crippen LogP contribution in [-0.4, -0.2) is 10.8 Å². The Hall–Kier alpha value is -3.38. The number of benzene rings is 2. The Labute approximate surface area is 176 Å². The lowest BCUT2D eigenvalue weighted by Crippen LogP contribution is -2.36. The van der Waals surface area contributed by atoms with E-state index in [9.17, 15) is 4.79 Å². The number of hydrazone groups is 1. The molecule has 30 heavy (non-hydrogen) atoms. The van der Waals surface area contributed by atoms with Gasteiger partial charge in [0, 0.05) is 11.3 Å². The second-order valence-corrected chi connectivity index (χ2v) is 7.97. The Morgan fingerprint density at radius 2 is 1.77 bits per heavy atom. The van der Waals surface area contributed by atoms with Gasteiger partial charge in [-0.3, -0.25) is 4.79 Å². The number of hydrogen-bond acceptors (Lipinski definition) is 4. The number of aryl methyl sites for hydroxylation is 2. The highest BCUT2D eigenvalue weighted by Gasteiger charge is 2.20. The van der Waals surface area contributed by atoms with Crippen molar-refractivity contribution in [1.29, 1.82) is 0 Å². The van der Waals surface area contributed by atoms with Crippen molar-refractivity contribution in [3.05, 3.63) is 81.6 Å². The second kappa shape index (κ2) is 8.55. The third-order valence-electron chi connectivity index (χ3n) is 5.70. The Morgan fingerprint density at radius 3 is 2.37 bits per heavy atom. The monoisotopic (exact) mass is 401 g/mol. The van der Waals surface area contributed by atoms with Crippen LogP contribution < -0.4 is 22.7 Å². The van der Waals surface area contributed by atoms with Crippen LogP contribution >= 0.6 is 0 Å². The van der Waals surface area contributed by atoms with E-state index in [-0.39, 0.29) is 11.4 Å². The molecule has 1 heterocycles. The molecule has 0 radical (unpaired) electrons. The molecular weight excluding hydrogens is 374 g/mol. The third kappa shape index (κ3) is 4.28. The highest BCUT2D eigenvalue weighted by molar-refractivity contribution is 6.04. The molecule has 6 N–H and O–H groups in total. The number of nitrogens with two attached hydrogens (primary N) is 2. The van der Waals surface area contributed by atoms with Gasteiger partial charge in [0.05, 0.1) is 5.56 Å². The van der Waals surface area contributed by atoms with Crippen molar-refractivity contribution >= 4 is 5.84 Å². The summed E-state index contributed by atoms with van der Waals surface area (Å²) in [5.74, 6) is 12.1. The molecule has 1 saturated carbocycles. The van der Waals surface area contributed by atoms with E-state index < -0.39 is 0 Å². The van der Waals surface area contributed by atoms with Crippen molar-refractivity contribution in [2.24, 2.45) is 22.7 Å². The summed E-state index contributed by atoms with van der Waals surface area (Å²) in [6, 6.07) is 18.3. The molecule has 1 aromatic heterocycles. The maximum atomic E-state index is 13.0. The fraction of sp³-hybridized carbons (Fsp3) is 0.250. The number of hydrazine groups is 1. The molecule has 0 amide bonds. The molecule has 0 saturated heterocycles. The largest absolute Gasteiger partial charge is 0.321 e. The van der Waals surface area contributed by atoms with Crippen LogP contribution in [0.5, 0.6) is 0 Å². The van der Waals surface area contributed by atoms with E-state index in [0.29, 0.717) is 11.1 Å². The first kappa shape index (κ1) is 19.9. The molecule has 1 fully saturated rings. The first-order chi connectivity index (χ1) is 14.6. The van der Waals surface area contributed by atoms with Gasteiger partial charge in [-0.2, -0.15) is 5.10 Å². The van der Waals surface area contributed by atoms with Gasteiger partial charge in [0.15, 0.2) is 5.84 Å². The van der Waals surface area contributed by atoms with Gasteiger partial charge in [0.2, 0.25) is 0 Å². The summed E-state index contributed by atoms with van der Waals surface area (Å²) in [5.41, 5.74) is 8.20. The van der Waals surface area contributed by atoms with Crippen molar-refractivity contribution in [3.8, 4) is 22.4 Å². The molecule has 1 aliphatic carbocycles. The van der Waals surface area contributed by atoms with Crippen molar-refractivity contribution in [2.45, 2.75) is 32.6 Å². The number of nitrogens with one attached hydrogen (secondary N) is 2. The number of nitrogens with zero attached hydrogens (tertiary/aromatic N) is 1. The van der Waals surface area contributed by atoms with Gasteiger partial charge in [-0.15, -0.1) is 0 Å². The smallest absolute Gasteiger partial charge is 0.260 e. The SMILES string of the molecule is Cc1ccc(-c2cc(-c3ccc(CCC4CC4)cc3)[nH]c(=O)c2/C(=N/N)NN)cc1. The molecule has 0 spiro atoms. The van der Waals surface area contributed by atoms with E-state index in [1.54, 1.807) is 0 Å². The highest BCUT2D eigenvalue weighted by Crippen LogP contribution is 2.33. The number of H-pyrrole nitrogens is 1. The van der Waals surface area contributed by atoms with Crippen molar-refractivity contribution in [3.63, 3.8) is 0 Å². The van der Waals surface area contributed by atoms with Crippen LogP contribution in [0.3, 0.4) is 0 Å². The van der Waals surface area contributed by atoms with Gasteiger partial charge in [-0.1, -0.05) is 66.9 Å². The predicted molar refractivity (Wildman–Crippen MR) is 122 cm³/mol. The molecule has 154 valence electrons. The number of aromatic amines is 1. The minimum atomic E-state index is -0.303. The first-order valence-corrected chi connectivity index (χ1v) is 10.3. The minimum Gasteiger partial charge on any atom is -0.321 e. The van der Waals surface area contributed by atoms with E-state index in [0.717, 1.165) is 34.7 Å². The lowest BCUT2D eigenvalue weighted by molar-refractivity contribution is 0.727. The van der Waals surface area contributed by atoms with Crippen molar-refractivity contribution < 1.29 is 0 Å².